The van der Waals surface area contributed by atoms with Crippen molar-refractivity contribution in [2.24, 2.45) is 0 Å². The first-order chi connectivity index (χ1) is 11.6. The molecule has 24 heavy (non-hydrogen) atoms. The second-order valence-electron chi connectivity index (χ2n) is 5.12. The summed E-state index contributed by atoms with van der Waals surface area (Å²) in [7, 11) is 1.46. The molecule has 0 saturated heterocycles. The maximum Gasteiger partial charge on any atom is 0.307 e. The first-order valence-electron chi connectivity index (χ1n) is 7.17. The Labute approximate surface area is 137 Å². The van der Waals surface area contributed by atoms with Crippen LogP contribution in [0.15, 0.2) is 48.7 Å². The number of aliphatic carboxylic acids is 1. The molecular weight excluding hydrogens is 313 g/mol. The smallest absolute Gasteiger partial charge is 0.307 e. The summed E-state index contributed by atoms with van der Waals surface area (Å²) in [6.45, 7) is 0. The van der Waals surface area contributed by atoms with Gasteiger partial charge < -0.3 is 14.6 Å². The van der Waals surface area contributed by atoms with Crippen molar-refractivity contribution >= 4 is 16.9 Å². The summed E-state index contributed by atoms with van der Waals surface area (Å²) in [6.07, 6.45) is 1.43. The molecule has 1 heterocycles. The zero-order valence-corrected chi connectivity index (χ0v) is 12.8. The maximum absolute atomic E-state index is 13.5. The van der Waals surface area contributed by atoms with E-state index in [0.29, 0.717) is 33.7 Å². The Balaban J connectivity index is 1.97. The Morgan fingerprint density at radius 2 is 2.00 bits per heavy atom. The van der Waals surface area contributed by atoms with E-state index in [1.807, 2.05) is 0 Å². The van der Waals surface area contributed by atoms with Crippen molar-refractivity contribution in [2.45, 2.75) is 6.42 Å². The highest BCUT2D eigenvalue weighted by molar-refractivity contribution is 5.85. The zero-order valence-electron chi connectivity index (χ0n) is 12.8. The molecule has 5 nitrogen and oxygen atoms in total. The van der Waals surface area contributed by atoms with Crippen molar-refractivity contribution in [1.82, 2.24) is 4.98 Å². The van der Waals surface area contributed by atoms with Crippen molar-refractivity contribution in [2.75, 3.05) is 7.11 Å². The third kappa shape index (κ3) is 3.27. The summed E-state index contributed by atoms with van der Waals surface area (Å²) < 4.78 is 24.5. The highest BCUT2D eigenvalue weighted by Gasteiger charge is 2.11. The van der Waals surface area contributed by atoms with Crippen molar-refractivity contribution in [1.29, 1.82) is 0 Å². The lowest BCUT2D eigenvalue weighted by molar-refractivity contribution is -0.136. The average Bonchev–Trinajstić information content (AvgIpc) is 2.56. The molecule has 0 radical (unpaired) electrons. The predicted octanol–water partition coefficient (Wildman–Crippen LogP) is 3.80. The van der Waals surface area contributed by atoms with Gasteiger partial charge in [0, 0.05) is 23.2 Å². The second-order valence-corrected chi connectivity index (χ2v) is 5.12. The number of halogens is 1. The fourth-order valence-electron chi connectivity index (χ4n) is 2.41. The Morgan fingerprint density at radius 1 is 1.17 bits per heavy atom. The van der Waals surface area contributed by atoms with Crippen LogP contribution in [0.5, 0.6) is 17.2 Å². The van der Waals surface area contributed by atoms with E-state index in [2.05, 4.69) is 4.98 Å². The number of methoxy groups -OCH3 is 1. The standard InChI is InChI=1S/C18H14FNO4/c1-23-17-10-13(4-2-11(17)8-18(21)22)24-16-6-7-20-15-5-3-12(19)9-14(15)16/h2-7,9-10H,8H2,1H3,(H,21,22). The monoisotopic (exact) mass is 327 g/mol. The van der Waals surface area contributed by atoms with Crippen molar-refractivity contribution in [3.05, 3.63) is 60.0 Å². The lowest BCUT2D eigenvalue weighted by Crippen LogP contribution is -2.02. The Bertz CT molecular complexity index is 911. The number of carbonyl (C=O) groups is 1. The van der Waals surface area contributed by atoms with Crippen LogP contribution < -0.4 is 9.47 Å². The summed E-state index contributed by atoms with van der Waals surface area (Å²) in [5.74, 6) is -0.00274. The second kappa shape index (κ2) is 6.54. The minimum Gasteiger partial charge on any atom is -0.496 e. The third-order valence-electron chi connectivity index (χ3n) is 3.49. The van der Waals surface area contributed by atoms with E-state index in [-0.39, 0.29) is 12.2 Å². The molecule has 2 aromatic carbocycles. The SMILES string of the molecule is COc1cc(Oc2ccnc3ccc(F)cc23)ccc1CC(=O)O. The van der Waals surface area contributed by atoms with Crippen LogP contribution in [0.2, 0.25) is 0 Å². The summed E-state index contributed by atoms with van der Waals surface area (Å²) in [6, 6.07) is 10.8. The molecule has 3 aromatic rings. The lowest BCUT2D eigenvalue weighted by atomic mass is 10.1. The van der Waals surface area contributed by atoms with Gasteiger partial charge in [-0.25, -0.2) is 4.39 Å². The fraction of sp³-hybridized carbons (Fsp3) is 0.111. The maximum atomic E-state index is 13.5. The van der Waals surface area contributed by atoms with Gasteiger partial charge in [0.2, 0.25) is 0 Å². The molecule has 0 spiro atoms. The van der Waals surface area contributed by atoms with E-state index in [1.165, 1.54) is 19.2 Å². The molecule has 0 aliphatic carbocycles. The number of hydrogen-bond donors (Lipinski definition) is 1. The number of aromatic nitrogens is 1. The molecule has 1 aromatic heterocycles. The van der Waals surface area contributed by atoms with Gasteiger partial charge in [0.15, 0.2) is 0 Å². The number of carboxylic acid groups (broad SMARTS) is 1. The Hall–Kier alpha value is -3.15. The van der Waals surface area contributed by atoms with Crippen LogP contribution in [-0.4, -0.2) is 23.2 Å². The molecular formula is C18H14FNO4. The van der Waals surface area contributed by atoms with Crippen LogP contribution in [0.25, 0.3) is 10.9 Å². The van der Waals surface area contributed by atoms with E-state index in [0.717, 1.165) is 0 Å². The molecule has 0 atom stereocenters. The van der Waals surface area contributed by atoms with E-state index >= 15 is 0 Å². The normalized spacial score (nSPS) is 10.6. The molecule has 0 aliphatic rings. The van der Waals surface area contributed by atoms with Gasteiger partial charge in [-0.05, 0) is 30.3 Å². The fourth-order valence-corrected chi connectivity index (χ4v) is 2.41. The highest BCUT2D eigenvalue weighted by Crippen LogP contribution is 2.32. The van der Waals surface area contributed by atoms with Crippen LogP contribution in [0.3, 0.4) is 0 Å². The molecule has 0 amide bonds. The first kappa shape index (κ1) is 15.7. The number of pyridine rings is 1. The summed E-state index contributed by atoms with van der Waals surface area (Å²) >= 11 is 0. The molecule has 0 saturated carbocycles. The summed E-state index contributed by atoms with van der Waals surface area (Å²) in [5, 5.41) is 9.45. The van der Waals surface area contributed by atoms with Gasteiger partial charge in [-0.2, -0.15) is 0 Å². The Kier molecular flexibility index (Phi) is 4.29. The topological polar surface area (TPSA) is 68.7 Å². The van der Waals surface area contributed by atoms with Crippen LogP contribution >= 0.6 is 0 Å². The van der Waals surface area contributed by atoms with E-state index < -0.39 is 5.97 Å². The highest BCUT2D eigenvalue weighted by atomic mass is 19.1. The quantitative estimate of drug-likeness (QED) is 0.772. The van der Waals surface area contributed by atoms with E-state index in [9.17, 15) is 9.18 Å². The van der Waals surface area contributed by atoms with Gasteiger partial charge >= 0.3 is 5.97 Å². The van der Waals surface area contributed by atoms with Gasteiger partial charge in [-0.15, -0.1) is 0 Å². The summed E-state index contributed by atoms with van der Waals surface area (Å²) in [5.41, 5.74) is 1.16. The number of carboxylic acids is 1. The van der Waals surface area contributed by atoms with Crippen LogP contribution in [0, 0.1) is 5.82 Å². The zero-order chi connectivity index (χ0) is 17.1. The lowest BCUT2D eigenvalue weighted by Gasteiger charge is -2.12. The number of nitrogens with zero attached hydrogens (tertiary/aromatic N) is 1. The van der Waals surface area contributed by atoms with Crippen LogP contribution in [0.4, 0.5) is 4.39 Å². The predicted molar refractivity (Wildman–Crippen MR) is 86.1 cm³/mol. The Morgan fingerprint density at radius 3 is 2.75 bits per heavy atom. The minimum absolute atomic E-state index is 0.146. The van der Waals surface area contributed by atoms with Gasteiger partial charge in [0.1, 0.15) is 23.1 Å². The molecule has 1 N–H and O–H groups in total. The van der Waals surface area contributed by atoms with Crippen molar-refractivity contribution < 1.29 is 23.8 Å². The van der Waals surface area contributed by atoms with Gasteiger partial charge in [0.25, 0.3) is 0 Å². The van der Waals surface area contributed by atoms with E-state index in [4.69, 9.17) is 14.6 Å². The van der Waals surface area contributed by atoms with Gasteiger partial charge in [0.05, 0.1) is 19.0 Å². The number of benzene rings is 2. The first-order valence-corrected chi connectivity index (χ1v) is 7.17. The number of ether oxygens (including phenoxy) is 2. The number of hydrogen-bond acceptors (Lipinski definition) is 4. The third-order valence-corrected chi connectivity index (χ3v) is 3.49. The van der Waals surface area contributed by atoms with Gasteiger partial charge in [-0.1, -0.05) is 6.07 Å². The molecule has 122 valence electrons. The molecule has 3 rings (SSSR count). The number of fused-ring (bicyclic) bond motifs is 1. The molecule has 0 unspecified atom stereocenters. The van der Waals surface area contributed by atoms with Crippen molar-refractivity contribution in [3.8, 4) is 17.2 Å². The average molecular weight is 327 g/mol. The van der Waals surface area contributed by atoms with Crippen molar-refractivity contribution in [3.63, 3.8) is 0 Å². The molecule has 0 aliphatic heterocycles. The largest absolute Gasteiger partial charge is 0.496 e. The van der Waals surface area contributed by atoms with Crippen LogP contribution in [-0.2, 0) is 11.2 Å². The van der Waals surface area contributed by atoms with Gasteiger partial charge in [-0.3, -0.25) is 9.78 Å². The molecule has 6 heteroatoms. The summed E-state index contributed by atoms with van der Waals surface area (Å²) in [4.78, 5) is 15.0. The van der Waals surface area contributed by atoms with E-state index in [1.54, 1.807) is 36.5 Å². The molecule has 0 fully saturated rings. The number of rotatable bonds is 5. The minimum atomic E-state index is -0.947. The molecule has 0 bridgehead atoms. The van der Waals surface area contributed by atoms with Crippen LogP contribution in [0.1, 0.15) is 5.56 Å².